The van der Waals surface area contributed by atoms with Gasteiger partial charge in [-0.2, -0.15) is 0 Å². The van der Waals surface area contributed by atoms with Gasteiger partial charge < -0.3 is 15.5 Å². The molecule has 0 atom stereocenters. The molecule has 16 heavy (non-hydrogen) atoms. The van der Waals surface area contributed by atoms with Crippen LogP contribution in [0.5, 0.6) is 0 Å². The third-order valence-corrected chi connectivity index (χ3v) is 2.59. The van der Waals surface area contributed by atoms with Crippen LogP contribution in [0.15, 0.2) is 24.3 Å². The average Bonchev–Trinajstić information content (AvgIpc) is 2.30. The van der Waals surface area contributed by atoms with Crippen LogP contribution in [0.4, 0.5) is 10.5 Å². The van der Waals surface area contributed by atoms with E-state index in [0.717, 1.165) is 11.3 Å². The molecule has 0 saturated heterocycles. The lowest BCUT2D eigenvalue weighted by atomic mass is 10.2. The number of nitrogen functional groups attached to an aromatic ring is 1. The summed E-state index contributed by atoms with van der Waals surface area (Å²) in [5.74, 6) is 0. The van der Waals surface area contributed by atoms with Gasteiger partial charge in [0, 0.05) is 32.9 Å². The number of nitrogens with two attached hydrogens (primary N) is 1. The Labute approximate surface area is 96.6 Å². The molecule has 88 valence electrons. The van der Waals surface area contributed by atoms with Crippen molar-refractivity contribution in [3.05, 3.63) is 29.8 Å². The number of nitrogens with zero attached hydrogens (tertiary/aromatic N) is 2. The van der Waals surface area contributed by atoms with Crippen LogP contribution in [0, 0.1) is 0 Å². The van der Waals surface area contributed by atoms with Crippen molar-refractivity contribution in [3.63, 3.8) is 0 Å². The fraction of sp³-hybridized carbons (Fsp3) is 0.417. The van der Waals surface area contributed by atoms with E-state index < -0.39 is 0 Å². The second kappa shape index (κ2) is 5.39. The molecule has 0 radical (unpaired) electrons. The van der Waals surface area contributed by atoms with Gasteiger partial charge in [0.25, 0.3) is 0 Å². The summed E-state index contributed by atoms with van der Waals surface area (Å²) in [4.78, 5) is 15.1. The molecule has 0 fully saturated rings. The Morgan fingerprint density at radius 3 is 2.44 bits per heavy atom. The summed E-state index contributed by atoms with van der Waals surface area (Å²) >= 11 is 0. The number of urea groups is 1. The summed E-state index contributed by atoms with van der Waals surface area (Å²) in [5, 5.41) is 0. The van der Waals surface area contributed by atoms with Gasteiger partial charge in [-0.05, 0) is 18.6 Å². The molecule has 0 spiro atoms. The molecule has 1 aromatic carbocycles. The summed E-state index contributed by atoms with van der Waals surface area (Å²) in [6.07, 6.45) is 0. The van der Waals surface area contributed by atoms with Crippen LogP contribution in [-0.2, 0) is 6.54 Å². The predicted molar refractivity (Wildman–Crippen MR) is 66.0 cm³/mol. The van der Waals surface area contributed by atoms with Gasteiger partial charge in [-0.1, -0.05) is 18.2 Å². The Hall–Kier alpha value is -1.71. The quantitative estimate of drug-likeness (QED) is 0.791. The maximum atomic E-state index is 11.8. The molecule has 4 heteroatoms. The summed E-state index contributed by atoms with van der Waals surface area (Å²) in [6.45, 7) is 3.19. The van der Waals surface area contributed by atoms with Crippen LogP contribution in [0.1, 0.15) is 12.5 Å². The normalized spacial score (nSPS) is 9.94. The van der Waals surface area contributed by atoms with E-state index in [9.17, 15) is 4.79 Å². The minimum atomic E-state index is 0.00533. The summed E-state index contributed by atoms with van der Waals surface area (Å²) in [5.41, 5.74) is 7.52. The zero-order valence-corrected chi connectivity index (χ0v) is 10.1. The van der Waals surface area contributed by atoms with E-state index in [2.05, 4.69) is 0 Å². The Balaban J connectivity index is 2.68. The third kappa shape index (κ3) is 2.89. The third-order valence-electron chi connectivity index (χ3n) is 2.59. The van der Waals surface area contributed by atoms with Gasteiger partial charge in [0.15, 0.2) is 0 Å². The van der Waals surface area contributed by atoms with E-state index in [1.807, 2.05) is 31.2 Å². The van der Waals surface area contributed by atoms with Gasteiger partial charge in [-0.25, -0.2) is 4.79 Å². The van der Waals surface area contributed by atoms with Gasteiger partial charge in [-0.15, -0.1) is 0 Å². The summed E-state index contributed by atoms with van der Waals surface area (Å²) in [7, 11) is 3.56. The Morgan fingerprint density at radius 1 is 1.25 bits per heavy atom. The van der Waals surface area contributed by atoms with Crippen molar-refractivity contribution < 1.29 is 4.79 Å². The van der Waals surface area contributed by atoms with Gasteiger partial charge >= 0.3 is 6.03 Å². The predicted octanol–water partition coefficient (Wildman–Crippen LogP) is 1.77. The molecule has 0 heterocycles. The maximum Gasteiger partial charge on any atom is 0.319 e. The lowest BCUT2D eigenvalue weighted by Crippen LogP contribution is -2.38. The second-order valence-electron chi connectivity index (χ2n) is 3.85. The van der Waals surface area contributed by atoms with Crippen LogP contribution in [-0.4, -0.2) is 36.5 Å². The van der Waals surface area contributed by atoms with Gasteiger partial charge in [0.1, 0.15) is 0 Å². The van der Waals surface area contributed by atoms with Crippen molar-refractivity contribution in [2.24, 2.45) is 0 Å². The standard InChI is InChI=1S/C12H19N3O/c1-4-14(2)12(16)15(3)9-10-7-5-6-8-11(10)13/h5-8H,4,9,13H2,1-3H3. The topological polar surface area (TPSA) is 49.6 Å². The number of carbonyl (C=O) groups excluding carboxylic acids is 1. The first-order valence-corrected chi connectivity index (χ1v) is 5.35. The van der Waals surface area contributed by atoms with E-state index >= 15 is 0 Å². The molecule has 1 rings (SSSR count). The van der Waals surface area contributed by atoms with Crippen molar-refractivity contribution in [3.8, 4) is 0 Å². The van der Waals surface area contributed by atoms with Crippen molar-refractivity contribution in [2.45, 2.75) is 13.5 Å². The van der Waals surface area contributed by atoms with Crippen molar-refractivity contribution in [2.75, 3.05) is 26.4 Å². The van der Waals surface area contributed by atoms with E-state index in [1.165, 1.54) is 0 Å². The first-order valence-electron chi connectivity index (χ1n) is 5.35. The molecule has 0 aliphatic rings. The van der Waals surface area contributed by atoms with E-state index in [1.54, 1.807) is 23.9 Å². The zero-order valence-electron chi connectivity index (χ0n) is 10.1. The van der Waals surface area contributed by atoms with Crippen molar-refractivity contribution in [1.82, 2.24) is 9.80 Å². The average molecular weight is 221 g/mol. The van der Waals surface area contributed by atoms with Gasteiger partial charge in [0.2, 0.25) is 0 Å². The van der Waals surface area contributed by atoms with E-state index in [4.69, 9.17) is 5.73 Å². The molecular weight excluding hydrogens is 202 g/mol. The summed E-state index contributed by atoms with van der Waals surface area (Å²) in [6, 6.07) is 7.60. The molecule has 2 amide bonds. The number of anilines is 1. The highest BCUT2D eigenvalue weighted by atomic mass is 16.2. The van der Waals surface area contributed by atoms with Crippen molar-refractivity contribution >= 4 is 11.7 Å². The molecule has 0 aliphatic heterocycles. The number of hydrogen-bond donors (Lipinski definition) is 1. The Morgan fingerprint density at radius 2 is 1.88 bits per heavy atom. The van der Waals surface area contributed by atoms with Crippen LogP contribution in [0.2, 0.25) is 0 Å². The van der Waals surface area contributed by atoms with E-state index in [-0.39, 0.29) is 6.03 Å². The SMILES string of the molecule is CCN(C)C(=O)N(C)Cc1ccccc1N. The van der Waals surface area contributed by atoms with E-state index in [0.29, 0.717) is 13.1 Å². The molecular formula is C12H19N3O. The highest BCUT2D eigenvalue weighted by Crippen LogP contribution is 2.13. The number of benzene rings is 1. The number of carbonyl (C=O) groups is 1. The molecule has 0 bridgehead atoms. The van der Waals surface area contributed by atoms with Gasteiger partial charge in [0.05, 0.1) is 0 Å². The number of hydrogen-bond acceptors (Lipinski definition) is 2. The van der Waals surface area contributed by atoms with Gasteiger partial charge in [-0.3, -0.25) is 0 Å². The summed E-state index contributed by atoms with van der Waals surface area (Å²) < 4.78 is 0. The number of amides is 2. The molecule has 0 saturated carbocycles. The molecule has 0 unspecified atom stereocenters. The molecule has 4 nitrogen and oxygen atoms in total. The highest BCUT2D eigenvalue weighted by Gasteiger charge is 2.13. The minimum Gasteiger partial charge on any atom is -0.398 e. The number of para-hydroxylation sites is 1. The molecule has 1 aromatic rings. The van der Waals surface area contributed by atoms with Crippen LogP contribution < -0.4 is 5.73 Å². The zero-order chi connectivity index (χ0) is 12.1. The fourth-order valence-electron chi connectivity index (χ4n) is 1.43. The first kappa shape index (κ1) is 12.4. The molecule has 0 aromatic heterocycles. The van der Waals surface area contributed by atoms with Crippen LogP contribution >= 0.6 is 0 Å². The van der Waals surface area contributed by atoms with Crippen LogP contribution in [0.3, 0.4) is 0 Å². The monoisotopic (exact) mass is 221 g/mol. The Bertz CT molecular complexity index is 365. The first-order chi connectivity index (χ1) is 7.56. The fourth-order valence-corrected chi connectivity index (χ4v) is 1.43. The van der Waals surface area contributed by atoms with Crippen LogP contribution in [0.25, 0.3) is 0 Å². The largest absolute Gasteiger partial charge is 0.398 e. The molecule has 2 N–H and O–H groups in total. The number of rotatable bonds is 3. The minimum absolute atomic E-state index is 0.00533. The van der Waals surface area contributed by atoms with Crippen molar-refractivity contribution in [1.29, 1.82) is 0 Å². The highest BCUT2D eigenvalue weighted by molar-refractivity contribution is 5.74. The Kier molecular flexibility index (Phi) is 4.17. The molecule has 0 aliphatic carbocycles. The lowest BCUT2D eigenvalue weighted by Gasteiger charge is -2.24. The lowest BCUT2D eigenvalue weighted by molar-refractivity contribution is 0.173. The smallest absolute Gasteiger partial charge is 0.319 e. The second-order valence-corrected chi connectivity index (χ2v) is 3.85. The maximum absolute atomic E-state index is 11.8.